The fourth-order valence-corrected chi connectivity index (χ4v) is 5.52. The third-order valence-corrected chi connectivity index (χ3v) is 7.77. The van der Waals surface area contributed by atoms with E-state index in [9.17, 15) is 17.6 Å². The minimum absolute atomic E-state index is 0.129. The highest BCUT2D eigenvalue weighted by atomic mass is 32.2. The fourth-order valence-electron chi connectivity index (χ4n) is 4.04. The van der Waals surface area contributed by atoms with E-state index in [0.717, 1.165) is 31.7 Å². The SMILES string of the molecule is O=C(CN1CCN(Cc2cccc(S(=O)(=O)N3CCOCC3)c2)CC1)Nc1ccc(F)cc1. The molecule has 2 aromatic carbocycles. The van der Waals surface area contributed by atoms with E-state index in [0.29, 0.717) is 43.4 Å². The van der Waals surface area contributed by atoms with Crippen molar-refractivity contribution in [3.05, 3.63) is 59.9 Å². The molecule has 0 unspecified atom stereocenters. The molecule has 178 valence electrons. The van der Waals surface area contributed by atoms with Gasteiger partial charge < -0.3 is 10.1 Å². The summed E-state index contributed by atoms with van der Waals surface area (Å²) in [7, 11) is -3.51. The number of amides is 1. The van der Waals surface area contributed by atoms with Gasteiger partial charge in [-0.25, -0.2) is 12.8 Å². The second kappa shape index (κ2) is 10.7. The standard InChI is InChI=1S/C23H29FN4O4S/c24-20-4-6-21(7-5-20)25-23(29)18-27-10-8-26(9-11-27)17-19-2-1-3-22(16-19)33(30,31)28-12-14-32-15-13-28/h1-7,16H,8-15,17-18H2,(H,25,29). The molecule has 4 rings (SSSR count). The van der Waals surface area contributed by atoms with Crippen LogP contribution in [0.1, 0.15) is 5.56 Å². The molecule has 0 aromatic heterocycles. The number of anilines is 1. The highest BCUT2D eigenvalue weighted by molar-refractivity contribution is 7.89. The molecule has 0 aliphatic carbocycles. The Bertz CT molecular complexity index is 1050. The predicted molar refractivity (Wildman–Crippen MR) is 123 cm³/mol. The average molecular weight is 477 g/mol. The van der Waals surface area contributed by atoms with Crippen molar-refractivity contribution >= 4 is 21.6 Å². The maximum atomic E-state index is 13.0. The second-order valence-electron chi connectivity index (χ2n) is 8.27. The molecule has 1 amide bonds. The lowest BCUT2D eigenvalue weighted by atomic mass is 10.2. The molecule has 2 aliphatic rings. The van der Waals surface area contributed by atoms with E-state index < -0.39 is 10.0 Å². The number of nitrogens with zero attached hydrogens (tertiary/aromatic N) is 3. The van der Waals surface area contributed by atoms with Crippen LogP contribution in [0.25, 0.3) is 0 Å². The number of hydrogen-bond donors (Lipinski definition) is 1. The van der Waals surface area contributed by atoms with Gasteiger partial charge in [-0.3, -0.25) is 14.6 Å². The first-order valence-electron chi connectivity index (χ1n) is 11.1. The average Bonchev–Trinajstić information content (AvgIpc) is 2.82. The topological polar surface area (TPSA) is 82.2 Å². The Balaban J connectivity index is 1.27. The monoisotopic (exact) mass is 476 g/mol. The number of halogens is 1. The van der Waals surface area contributed by atoms with Gasteiger partial charge in [-0.1, -0.05) is 12.1 Å². The van der Waals surface area contributed by atoms with Crippen molar-refractivity contribution in [3.63, 3.8) is 0 Å². The first-order valence-corrected chi connectivity index (χ1v) is 12.5. The van der Waals surface area contributed by atoms with Gasteiger partial charge in [-0.15, -0.1) is 0 Å². The van der Waals surface area contributed by atoms with Crippen LogP contribution >= 0.6 is 0 Å². The van der Waals surface area contributed by atoms with E-state index in [1.807, 2.05) is 6.07 Å². The van der Waals surface area contributed by atoms with E-state index in [1.54, 1.807) is 30.3 Å². The number of rotatable bonds is 7. The largest absolute Gasteiger partial charge is 0.379 e. The first kappa shape index (κ1) is 23.8. The maximum absolute atomic E-state index is 13.0. The summed E-state index contributed by atoms with van der Waals surface area (Å²) in [6.07, 6.45) is 0. The van der Waals surface area contributed by atoms with Gasteiger partial charge in [0.2, 0.25) is 15.9 Å². The zero-order chi connectivity index (χ0) is 23.3. The zero-order valence-corrected chi connectivity index (χ0v) is 19.3. The van der Waals surface area contributed by atoms with Gasteiger partial charge in [0.25, 0.3) is 0 Å². The summed E-state index contributed by atoms with van der Waals surface area (Å²) in [6, 6.07) is 12.8. The summed E-state index contributed by atoms with van der Waals surface area (Å²) in [5.41, 5.74) is 1.53. The maximum Gasteiger partial charge on any atom is 0.243 e. The first-order chi connectivity index (χ1) is 15.9. The Morgan fingerprint density at radius 2 is 1.61 bits per heavy atom. The Hall–Kier alpha value is -2.37. The summed E-state index contributed by atoms with van der Waals surface area (Å²) in [6.45, 7) is 5.57. The Labute approximate surface area is 194 Å². The van der Waals surface area contributed by atoms with Crippen LogP contribution in [0, 0.1) is 5.82 Å². The van der Waals surface area contributed by atoms with E-state index >= 15 is 0 Å². The minimum Gasteiger partial charge on any atom is -0.379 e. The van der Waals surface area contributed by atoms with Gasteiger partial charge in [0.05, 0.1) is 24.7 Å². The molecule has 2 fully saturated rings. The van der Waals surface area contributed by atoms with Crippen molar-refractivity contribution in [3.8, 4) is 0 Å². The molecule has 0 saturated carbocycles. The molecule has 2 heterocycles. The molecule has 2 saturated heterocycles. The highest BCUT2D eigenvalue weighted by Crippen LogP contribution is 2.19. The molecule has 8 nitrogen and oxygen atoms in total. The number of nitrogens with one attached hydrogen (secondary N) is 1. The van der Waals surface area contributed by atoms with E-state index in [2.05, 4.69) is 15.1 Å². The summed E-state index contributed by atoms with van der Waals surface area (Å²) >= 11 is 0. The number of piperazine rings is 1. The molecular weight excluding hydrogens is 447 g/mol. The third kappa shape index (κ3) is 6.36. The smallest absolute Gasteiger partial charge is 0.243 e. The lowest BCUT2D eigenvalue weighted by molar-refractivity contribution is -0.117. The molecule has 33 heavy (non-hydrogen) atoms. The lowest BCUT2D eigenvalue weighted by Gasteiger charge is -2.34. The normalized spacial score (nSPS) is 18.8. The molecule has 0 radical (unpaired) electrons. The molecule has 1 N–H and O–H groups in total. The van der Waals surface area contributed by atoms with E-state index in [4.69, 9.17) is 4.74 Å². The van der Waals surface area contributed by atoms with Gasteiger partial charge in [-0.05, 0) is 42.0 Å². The van der Waals surface area contributed by atoms with Crippen LogP contribution in [0.5, 0.6) is 0 Å². The number of ether oxygens (including phenoxy) is 1. The molecule has 0 bridgehead atoms. The minimum atomic E-state index is -3.51. The van der Waals surface area contributed by atoms with Crippen molar-refractivity contribution < 1.29 is 22.3 Å². The Kier molecular flexibility index (Phi) is 7.71. The molecule has 0 spiro atoms. The fraction of sp³-hybridized carbons (Fsp3) is 0.435. The van der Waals surface area contributed by atoms with Crippen LogP contribution in [0.4, 0.5) is 10.1 Å². The van der Waals surface area contributed by atoms with E-state index in [-0.39, 0.29) is 18.3 Å². The third-order valence-electron chi connectivity index (χ3n) is 5.87. The molecule has 2 aromatic rings. The molecule has 0 atom stereocenters. The number of carbonyl (C=O) groups is 1. The lowest BCUT2D eigenvalue weighted by Crippen LogP contribution is -2.48. The van der Waals surface area contributed by atoms with Gasteiger partial charge in [0.15, 0.2) is 0 Å². The number of morpholine rings is 1. The van der Waals surface area contributed by atoms with Crippen LogP contribution in [-0.4, -0.2) is 87.5 Å². The van der Waals surface area contributed by atoms with Crippen molar-refractivity contribution in [1.82, 2.24) is 14.1 Å². The molecule has 2 aliphatic heterocycles. The number of hydrogen-bond acceptors (Lipinski definition) is 6. The van der Waals surface area contributed by atoms with Gasteiger partial charge in [0.1, 0.15) is 5.82 Å². The summed E-state index contributed by atoms with van der Waals surface area (Å²) in [5, 5.41) is 2.79. The van der Waals surface area contributed by atoms with Gasteiger partial charge >= 0.3 is 0 Å². The van der Waals surface area contributed by atoms with E-state index in [1.165, 1.54) is 16.4 Å². The number of carbonyl (C=O) groups excluding carboxylic acids is 1. The van der Waals surface area contributed by atoms with Crippen molar-refractivity contribution in [2.45, 2.75) is 11.4 Å². The van der Waals surface area contributed by atoms with Crippen molar-refractivity contribution in [2.24, 2.45) is 0 Å². The molecule has 10 heteroatoms. The second-order valence-corrected chi connectivity index (χ2v) is 10.2. The van der Waals surface area contributed by atoms with Crippen LogP contribution in [0.15, 0.2) is 53.4 Å². The Morgan fingerprint density at radius 3 is 2.30 bits per heavy atom. The summed E-state index contributed by atoms with van der Waals surface area (Å²) in [4.78, 5) is 16.9. The van der Waals surface area contributed by atoms with Crippen LogP contribution in [0.3, 0.4) is 0 Å². The highest BCUT2D eigenvalue weighted by Gasteiger charge is 2.27. The predicted octanol–water partition coefficient (Wildman–Crippen LogP) is 1.60. The van der Waals surface area contributed by atoms with Crippen molar-refractivity contribution in [2.75, 3.05) is 64.3 Å². The summed E-state index contributed by atoms with van der Waals surface area (Å²) < 4.78 is 45.6. The number of sulfonamides is 1. The van der Waals surface area contributed by atoms with Crippen LogP contribution in [-0.2, 0) is 26.1 Å². The number of benzene rings is 2. The zero-order valence-electron chi connectivity index (χ0n) is 18.5. The Morgan fingerprint density at radius 1 is 0.939 bits per heavy atom. The van der Waals surface area contributed by atoms with Gasteiger partial charge in [0, 0.05) is 51.5 Å². The van der Waals surface area contributed by atoms with Crippen molar-refractivity contribution in [1.29, 1.82) is 0 Å². The molecular formula is C23H29FN4O4S. The van der Waals surface area contributed by atoms with Gasteiger partial charge in [-0.2, -0.15) is 4.31 Å². The summed E-state index contributed by atoms with van der Waals surface area (Å²) in [5.74, 6) is -0.468. The van der Waals surface area contributed by atoms with Crippen LogP contribution in [0.2, 0.25) is 0 Å². The quantitative estimate of drug-likeness (QED) is 0.654. The van der Waals surface area contributed by atoms with Crippen LogP contribution < -0.4 is 5.32 Å².